The Morgan fingerprint density at radius 1 is 1.24 bits per heavy atom. The first-order valence-corrected chi connectivity index (χ1v) is 12.1. The lowest BCUT2D eigenvalue weighted by Gasteiger charge is -2.30. The molecule has 1 aliphatic heterocycles. The van der Waals surface area contributed by atoms with Crippen molar-refractivity contribution in [3.05, 3.63) is 35.4 Å². The van der Waals surface area contributed by atoms with Crippen LogP contribution in [0.3, 0.4) is 0 Å². The number of carbonyl (C=O) groups excluding carboxylic acids is 2. The van der Waals surface area contributed by atoms with Gasteiger partial charge in [0.2, 0.25) is 11.8 Å². The number of carbonyl (C=O) groups is 2. The molecule has 1 heterocycles. The molecule has 1 aromatic carbocycles. The zero-order valence-electron chi connectivity index (χ0n) is 20.0. The number of nitrogens with two attached hydrogens (primary N) is 1. The van der Waals surface area contributed by atoms with Gasteiger partial charge in [0.15, 0.2) is 0 Å². The largest absolute Gasteiger partial charge is 0.391 e. The molecule has 4 N–H and O–H groups in total. The molecule has 6 nitrogen and oxygen atoms in total. The second-order valence-electron chi connectivity index (χ2n) is 9.25. The van der Waals surface area contributed by atoms with Gasteiger partial charge in [0.1, 0.15) is 11.6 Å². The van der Waals surface area contributed by atoms with E-state index in [4.69, 9.17) is 5.73 Å². The number of amides is 2. The van der Waals surface area contributed by atoms with Crippen molar-refractivity contribution < 1.29 is 23.5 Å². The number of aliphatic hydroxyl groups excluding tert-OH is 1. The van der Waals surface area contributed by atoms with Crippen molar-refractivity contribution >= 4 is 11.8 Å². The fourth-order valence-electron chi connectivity index (χ4n) is 4.67. The third-order valence-corrected chi connectivity index (χ3v) is 6.65. The highest BCUT2D eigenvalue weighted by Gasteiger charge is 2.43. The lowest BCUT2D eigenvalue weighted by Crippen LogP contribution is -2.50. The fourth-order valence-corrected chi connectivity index (χ4v) is 4.67. The van der Waals surface area contributed by atoms with Gasteiger partial charge >= 0.3 is 0 Å². The predicted octanol–water partition coefficient (Wildman–Crippen LogP) is 3.01. The zero-order chi connectivity index (χ0) is 24.5. The molecular formula is C25H39F2N3O3. The highest BCUT2D eigenvalue weighted by Crippen LogP contribution is 2.29. The molecule has 1 aliphatic rings. The molecule has 0 unspecified atom stereocenters. The van der Waals surface area contributed by atoms with Gasteiger partial charge in [-0.05, 0) is 62.3 Å². The van der Waals surface area contributed by atoms with Crippen LogP contribution in [-0.4, -0.2) is 53.6 Å². The summed E-state index contributed by atoms with van der Waals surface area (Å²) >= 11 is 0. The van der Waals surface area contributed by atoms with Crippen LogP contribution in [-0.2, 0) is 16.0 Å². The van der Waals surface area contributed by atoms with E-state index in [-0.39, 0.29) is 24.2 Å². The fraction of sp³-hybridized carbons (Fsp3) is 0.680. The topological polar surface area (TPSA) is 95.7 Å². The van der Waals surface area contributed by atoms with E-state index in [0.717, 1.165) is 25.3 Å². The molecule has 0 aromatic heterocycles. The number of hydrogen-bond acceptors (Lipinski definition) is 4. The maximum Gasteiger partial charge on any atom is 0.226 e. The molecule has 186 valence electrons. The van der Waals surface area contributed by atoms with E-state index in [1.807, 2.05) is 13.8 Å². The van der Waals surface area contributed by atoms with E-state index < -0.39 is 35.6 Å². The van der Waals surface area contributed by atoms with Crippen molar-refractivity contribution in [2.24, 2.45) is 23.5 Å². The number of likely N-dealkylation sites (tertiary alicyclic amines) is 1. The van der Waals surface area contributed by atoms with Gasteiger partial charge in [0.25, 0.3) is 0 Å². The first-order valence-electron chi connectivity index (χ1n) is 12.1. The minimum Gasteiger partial charge on any atom is -0.391 e. The van der Waals surface area contributed by atoms with Crippen molar-refractivity contribution in [2.45, 2.75) is 71.4 Å². The van der Waals surface area contributed by atoms with E-state index in [1.54, 1.807) is 4.90 Å². The Hall–Kier alpha value is -2.06. The van der Waals surface area contributed by atoms with Gasteiger partial charge in [-0.15, -0.1) is 0 Å². The molecular weight excluding hydrogens is 428 g/mol. The summed E-state index contributed by atoms with van der Waals surface area (Å²) < 4.78 is 27.5. The average Bonchev–Trinajstić information content (AvgIpc) is 3.09. The second kappa shape index (κ2) is 13.0. The molecule has 2 rings (SSSR count). The number of halogens is 2. The van der Waals surface area contributed by atoms with Crippen molar-refractivity contribution in [3.8, 4) is 0 Å². The minimum absolute atomic E-state index is 0.00767. The van der Waals surface area contributed by atoms with Gasteiger partial charge in [0.05, 0.1) is 24.0 Å². The Morgan fingerprint density at radius 2 is 1.91 bits per heavy atom. The van der Waals surface area contributed by atoms with Gasteiger partial charge in [-0.25, -0.2) is 8.78 Å². The molecule has 33 heavy (non-hydrogen) atoms. The lowest BCUT2D eigenvalue weighted by molar-refractivity contribution is -0.134. The maximum absolute atomic E-state index is 13.8. The average molecular weight is 468 g/mol. The van der Waals surface area contributed by atoms with Crippen LogP contribution < -0.4 is 11.1 Å². The van der Waals surface area contributed by atoms with Crippen LogP contribution in [0.25, 0.3) is 0 Å². The van der Waals surface area contributed by atoms with Gasteiger partial charge < -0.3 is 21.1 Å². The van der Waals surface area contributed by atoms with E-state index >= 15 is 0 Å². The molecule has 1 fully saturated rings. The number of hydrogen-bond donors (Lipinski definition) is 3. The quantitative estimate of drug-likeness (QED) is 0.416. The summed E-state index contributed by atoms with van der Waals surface area (Å²) in [5, 5.41) is 13.9. The number of benzene rings is 1. The summed E-state index contributed by atoms with van der Waals surface area (Å²) in [5.74, 6) is -2.82. The van der Waals surface area contributed by atoms with Crippen molar-refractivity contribution in [2.75, 3.05) is 19.6 Å². The maximum atomic E-state index is 13.8. The summed E-state index contributed by atoms with van der Waals surface area (Å²) in [6.07, 6.45) is 2.90. The highest BCUT2D eigenvalue weighted by molar-refractivity contribution is 5.91. The molecule has 1 aromatic rings. The van der Waals surface area contributed by atoms with Crippen molar-refractivity contribution in [1.82, 2.24) is 10.2 Å². The Morgan fingerprint density at radius 3 is 2.48 bits per heavy atom. The standard InChI is InChI=1S/C25H39F2N3O3/c1-4-6-10-30-15-21(20(5-2)25(30)33)24(32)29-22(23(31)16(3)8-7-9-28)13-17-11-18(26)14-19(27)12-17/h11-12,14,16,20-23,31H,4-10,13,15,28H2,1-3H3,(H,29,32)/t16-,20-,21+,22+,23-/m1/s1. The summed E-state index contributed by atoms with van der Waals surface area (Å²) in [5.41, 5.74) is 5.94. The SMILES string of the molecule is CCCCN1C[C@H](C(=O)N[C@@H](Cc2cc(F)cc(F)c2)[C@H](O)[C@H](C)CCCN)[C@@H](CC)C1=O. The molecule has 0 saturated carbocycles. The second-order valence-corrected chi connectivity index (χ2v) is 9.25. The molecule has 2 amide bonds. The van der Waals surface area contributed by atoms with E-state index in [2.05, 4.69) is 12.2 Å². The molecule has 0 spiro atoms. The summed E-state index contributed by atoms with van der Waals surface area (Å²) in [7, 11) is 0. The molecule has 0 radical (unpaired) electrons. The van der Waals surface area contributed by atoms with Gasteiger partial charge in [-0.3, -0.25) is 9.59 Å². The monoisotopic (exact) mass is 467 g/mol. The normalized spacial score (nSPS) is 21.2. The van der Waals surface area contributed by atoms with Gasteiger partial charge in [0, 0.05) is 19.2 Å². The van der Waals surface area contributed by atoms with Crippen LogP contribution in [0.4, 0.5) is 8.78 Å². The molecule has 0 aliphatic carbocycles. The Kier molecular flexibility index (Phi) is 10.7. The van der Waals surface area contributed by atoms with Crippen molar-refractivity contribution in [3.63, 3.8) is 0 Å². The zero-order valence-corrected chi connectivity index (χ0v) is 20.0. The molecule has 0 bridgehead atoms. The van der Waals surface area contributed by atoms with E-state index in [1.165, 1.54) is 12.1 Å². The molecule has 5 atom stereocenters. The summed E-state index contributed by atoms with van der Waals surface area (Å²) in [4.78, 5) is 27.8. The number of unbranched alkanes of at least 4 members (excludes halogenated alkanes) is 1. The third-order valence-electron chi connectivity index (χ3n) is 6.65. The number of nitrogens with zero attached hydrogens (tertiary/aromatic N) is 1. The van der Waals surface area contributed by atoms with Crippen molar-refractivity contribution in [1.29, 1.82) is 0 Å². The van der Waals surface area contributed by atoms with Crippen LogP contribution in [0.15, 0.2) is 18.2 Å². The first-order chi connectivity index (χ1) is 15.7. The third kappa shape index (κ3) is 7.47. The summed E-state index contributed by atoms with van der Waals surface area (Å²) in [6, 6.07) is 2.46. The van der Waals surface area contributed by atoms with Crippen LogP contribution in [0.2, 0.25) is 0 Å². The van der Waals surface area contributed by atoms with Crippen LogP contribution in [0.5, 0.6) is 0 Å². The van der Waals surface area contributed by atoms with E-state index in [9.17, 15) is 23.5 Å². The molecule has 1 saturated heterocycles. The minimum atomic E-state index is -0.930. The number of aliphatic hydroxyl groups is 1. The Balaban J connectivity index is 2.21. The van der Waals surface area contributed by atoms with Crippen LogP contribution in [0, 0.1) is 29.4 Å². The van der Waals surface area contributed by atoms with Gasteiger partial charge in [-0.2, -0.15) is 0 Å². The lowest BCUT2D eigenvalue weighted by atomic mass is 9.88. The number of nitrogens with one attached hydrogen (secondary N) is 1. The molecule has 8 heteroatoms. The summed E-state index contributed by atoms with van der Waals surface area (Å²) in [6.45, 7) is 7.27. The predicted molar refractivity (Wildman–Crippen MR) is 124 cm³/mol. The van der Waals surface area contributed by atoms with E-state index in [0.29, 0.717) is 38.0 Å². The van der Waals surface area contributed by atoms with Gasteiger partial charge in [-0.1, -0.05) is 27.2 Å². The Labute approximate surface area is 195 Å². The van der Waals surface area contributed by atoms with Crippen LogP contribution in [0.1, 0.15) is 58.4 Å². The number of rotatable bonds is 13. The smallest absolute Gasteiger partial charge is 0.226 e. The first kappa shape index (κ1) is 27.2. The van der Waals surface area contributed by atoms with Crippen LogP contribution >= 0.6 is 0 Å². The Bertz CT molecular complexity index is 772. The highest BCUT2D eigenvalue weighted by atomic mass is 19.1.